The van der Waals surface area contributed by atoms with Gasteiger partial charge in [-0.15, -0.1) is 0 Å². The van der Waals surface area contributed by atoms with E-state index in [1.165, 1.54) is 21.8 Å². The Bertz CT molecular complexity index is 1410. The van der Waals surface area contributed by atoms with Crippen molar-refractivity contribution >= 4 is 60.1 Å². The summed E-state index contributed by atoms with van der Waals surface area (Å²) in [6.45, 7) is 2.08. The normalized spacial score (nSPS) is 17.8. The summed E-state index contributed by atoms with van der Waals surface area (Å²) in [5, 5.41) is 11.6. The highest BCUT2D eigenvalue weighted by atomic mass is 79.9. The van der Waals surface area contributed by atoms with Gasteiger partial charge in [0, 0.05) is 10.0 Å². The van der Waals surface area contributed by atoms with E-state index in [4.69, 9.17) is 0 Å². The Balaban J connectivity index is 1.72. The van der Waals surface area contributed by atoms with Crippen molar-refractivity contribution in [3.05, 3.63) is 99.5 Å². The third kappa shape index (κ3) is 3.77. The van der Waals surface area contributed by atoms with E-state index in [9.17, 15) is 14.7 Å². The number of halogens is 1. The van der Waals surface area contributed by atoms with Gasteiger partial charge in [-0.1, -0.05) is 82.7 Å². The lowest BCUT2D eigenvalue weighted by molar-refractivity contribution is -0.132. The second-order valence-electron chi connectivity index (χ2n) is 7.74. The number of hydrogen-bond acceptors (Lipinski definition) is 5. The van der Waals surface area contributed by atoms with E-state index in [-0.39, 0.29) is 11.3 Å². The van der Waals surface area contributed by atoms with Gasteiger partial charge in [0.25, 0.3) is 5.78 Å². The van der Waals surface area contributed by atoms with Gasteiger partial charge in [-0.2, -0.15) is 0 Å². The molecule has 1 N–H and O–H groups in total. The summed E-state index contributed by atoms with van der Waals surface area (Å²) in [6, 6.07) is 21.4. The third-order valence-corrected chi connectivity index (χ3v) is 7.28. The summed E-state index contributed by atoms with van der Waals surface area (Å²) in [5.74, 6) is -1.62. The van der Waals surface area contributed by atoms with Crippen LogP contribution in [0.1, 0.15) is 29.7 Å². The van der Waals surface area contributed by atoms with Crippen molar-refractivity contribution in [2.75, 3.05) is 4.90 Å². The van der Waals surface area contributed by atoms with E-state index in [0.717, 1.165) is 21.1 Å². The molecule has 0 radical (unpaired) electrons. The highest BCUT2D eigenvalue weighted by Crippen LogP contribution is 2.44. The number of aliphatic hydroxyl groups is 1. The largest absolute Gasteiger partial charge is 0.507 e. The molecule has 5 nitrogen and oxygen atoms in total. The number of hydrogen-bond donors (Lipinski definition) is 1. The summed E-state index contributed by atoms with van der Waals surface area (Å²) < 4.78 is 1.82. The van der Waals surface area contributed by atoms with Gasteiger partial charge < -0.3 is 5.11 Å². The number of Topliss-reactive ketones (excluding diaryl/α,β-unsaturated/α-hetero) is 1. The molecule has 2 heterocycles. The zero-order valence-corrected chi connectivity index (χ0v) is 20.1. The molecule has 0 bridgehead atoms. The van der Waals surface area contributed by atoms with Crippen molar-refractivity contribution in [3.8, 4) is 0 Å². The Morgan fingerprint density at radius 1 is 1.06 bits per heavy atom. The zero-order valence-electron chi connectivity index (χ0n) is 17.7. The number of ketones is 1. The van der Waals surface area contributed by atoms with Crippen molar-refractivity contribution in [3.63, 3.8) is 0 Å². The topological polar surface area (TPSA) is 70.5 Å². The molecule has 1 aromatic heterocycles. The van der Waals surface area contributed by atoms with E-state index in [1.807, 2.05) is 42.5 Å². The number of anilines is 1. The lowest BCUT2D eigenvalue weighted by atomic mass is 9.95. The number of nitrogens with zero attached hydrogens (tertiary/aromatic N) is 2. The highest BCUT2D eigenvalue weighted by Gasteiger charge is 2.48. The first-order valence-electron chi connectivity index (χ1n) is 10.5. The molecule has 33 heavy (non-hydrogen) atoms. The molecule has 1 amide bonds. The molecule has 3 aromatic carbocycles. The molecule has 7 heteroatoms. The number of carbonyl (C=O) groups excluding carboxylic acids is 2. The van der Waals surface area contributed by atoms with Crippen LogP contribution in [0.5, 0.6) is 0 Å². The number of aryl methyl sites for hydroxylation is 1. The minimum Gasteiger partial charge on any atom is -0.507 e. The summed E-state index contributed by atoms with van der Waals surface area (Å²) in [5.41, 5.74) is 3.19. The second-order valence-corrected chi connectivity index (χ2v) is 9.66. The average molecular weight is 519 g/mol. The Morgan fingerprint density at radius 3 is 2.48 bits per heavy atom. The van der Waals surface area contributed by atoms with E-state index < -0.39 is 17.7 Å². The zero-order chi connectivity index (χ0) is 23.1. The first-order chi connectivity index (χ1) is 16.0. The minimum absolute atomic E-state index is 0.0574. The van der Waals surface area contributed by atoms with Crippen LogP contribution in [0.2, 0.25) is 0 Å². The number of benzene rings is 3. The van der Waals surface area contributed by atoms with Gasteiger partial charge in [-0.05, 0) is 41.8 Å². The standard InChI is InChI=1S/C26H19BrN2O3S/c1-2-15-8-13-19-20(14-15)33-26(28-19)29-22(16-9-11-18(27)12-10-16)21(24(31)25(29)32)23(30)17-6-4-3-5-7-17/h3-14,22,30H,2H2,1H3/b23-21+. The van der Waals surface area contributed by atoms with Crippen molar-refractivity contribution in [2.24, 2.45) is 0 Å². The summed E-state index contributed by atoms with van der Waals surface area (Å²) in [7, 11) is 0. The van der Waals surface area contributed by atoms with Crippen LogP contribution in [0.4, 0.5) is 5.13 Å². The molecule has 1 aliphatic rings. The molecule has 1 saturated heterocycles. The van der Waals surface area contributed by atoms with Gasteiger partial charge in [0.2, 0.25) is 0 Å². The molecule has 0 saturated carbocycles. The van der Waals surface area contributed by atoms with Crippen LogP contribution < -0.4 is 4.90 Å². The lowest BCUT2D eigenvalue weighted by Crippen LogP contribution is -2.29. The molecule has 1 aliphatic heterocycles. The summed E-state index contributed by atoms with van der Waals surface area (Å²) in [4.78, 5) is 32.6. The molecule has 1 unspecified atom stereocenters. The molecule has 4 aromatic rings. The predicted molar refractivity (Wildman–Crippen MR) is 134 cm³/mol. The smallest absolute Gasteiger partial charge is 0.301 e. The molecule has 1 fully saturated rings. The highest BCUT2D eigenvalue weighted by molar-refractivity contribution is 9.10. The van der Waals surface area contributed by atoms with Crippen LogP contribution in [0.25, 0.3) is 16.0 Å². The van der Waals surface area contributed by atoms with Gasteiger partial charge in [0.1, 0.15) is 5.76 Å². The van der Waals surface area contributed by atoms with Crippen LogP contribution in [-0.4, -0.2) is 21.8 Å². The molecule has 1 atom stereocenters. The maximum Gasteiger partial charge on any atom is 0.301 e. The molecular formula is C26H19BrN2O3S. The average Bonchev–Trinajstić information content (AvgIpc) is 3.37. The van der Waals surface area contributed by atoms with Crippen molar-refractivity contribution in [1.82, 2.24) is 4.98 Å². The number of thiazole rings is 1. The first kappa shape index (κ1) is 21.6. The molecular weight excluding hydrogens is 500 g/mol. The van der Waals surface area contributed by atoms with Crippen molar-refractivity contribution < 1.29 is 14.7 Å². The predicted octanol–water partition coefficient (Wildman–Crippen LogP) is 6.25. The van der Waals surface area contributed by atoms with Gasteiger partial charge in [-0.25, -0.2) is 4.98 Å². The van der Waals surface area contributed by atoms with Gasteiger partial charge >= 0.3 is 5.91 Å². The summed E-state index contributed by atoms with van der Waals surface area (Å²) >= 11 is 4.81. The van der Waals surface area contributed by atoms with Crippen LogP contribution in [0.3, 0.4) is 0 Å². The Kier molecular flexibility index (Phi) is 5.60. The lowest BCUT2D eigenvalue weighted by Gasteiger charge is -2.23. The summed E-state index contributed by atoms with van der Waals surface area (Å²) in [6.07, 6.45) is 0.893. The molecule has 164 valence electrons. The van der Waals surface area contributed by atoms with E-state index in [0.29, 0.717) is 16.3 Å². The maximum absolute atomic E-state index is 13.3. The van der Waals surface area contributed by atoms with E-state index in [2.05, 4.69) is 33.9 Å². The van der Waals surface area contributed by atoms with E-state index >= 15 is 0 Å². The first-order valence-corrected chi connectivity index (χ1v) is 12.1. The van der Waals surface area contributed by atoms with Gasteiger partial charge in [-0.3, -0.25) is 14.5 Å². The van der Waals surface area contributed by atoms with Crippen LogP contribution in [0.15, 0.2) is 82.8 Å². The van der Waals surface area contributed by atoms with Gasteiger partial charge in [0.15, 0.2) is 5.13 Å². The van der Waals surface area contributed by atoms with Crippen molar-refractivity contribution in [2.45, 2.75) is 19.4 Å². The number of rotatable bonds is 4. The van der Waals surface area contributed by atoms with Crippen LogP contribution in [-0.2, 0) is 16.0 Å². The number of aliphatic hydroxyl groups excluding tert-OH is 1. The molecule has 5 rings (SSSR count). The Labute approximate surface area is 203 Å². The Morgan fingerprint density at radius 2 is 1.79 bits per heavy atom. The van der Waals surface area contributed by atoms with Gasteiger partial charge in [0.05, 0.1) is 21.8 Å². The number of amides is 1. The SMILES string of the molecule is CCc1ccc2nc(N3C(=O)C(=O)/C(=C(/O)c4ccccc4)C3c3ccc(Br)cc3)sc2c1. The molecule has 0 aliphatic carbocycles. The van der Waals surface area contributed by atoms with Crippen molar-refractivity contribution in [1.29, 1.82) is 0 Å². The third-order valence-electron chi connectivity index (χ3n) is 5.73. The number of carbonyl (C=O) groups is 2. The second kappa shape index (κ2) is 8.57. The van der Waals surface area contributed by atoms with Crippen LogP contribution in [0, 0.1) is 0 Å². The maximum atomic E-state index is 13.3. The fourth-order valence-electron chi connectivity index (χ4n) is 4.02. The molecule has 0 spiro atoms. The number of fused-ring (bicyclic) bond motifs is 1. The van der Waals surface area contributed by atoms with E-state index in [1.54, 1.807) is 24.3 Å². The minimum atomic E-state index is -0.787. The Hall–Kier alpha value is -3.29. The number of aromatic nitrogens is 1. The monoisotopic (exact) mass is 518 g/mol. The fourth-order valence-corrected chi connectivity index (χ4v) is 5.34. The van der Waals surface area contributed by atoms with Crippen LogP contribution >= 0.6 is 27.3 Å². The fraction of sp³-hybridized carbons (Fsp3) is 0.115. The quantitative estimate of drug-likeness (QED) is 0.197.